The lowest BCUT2D eigenvalue weighted by Crippen LogP contribution is -2.59. The molecule has 1 atom stereocenters. The van der Waals surface area contributed by atoms with Crippen molar-refractivity contribution in [1.29, 1.82) is 0 Å². The Labute approximate surface area is 230 Å². The molecule has 3 aliphatic heterocycles. The molecule has 4 aliphatic rings. The van der Waals surface area contributed by atoms with Crippen LogP contribution in [0.2, 0.25) is 5.02 Å². The van der Waals surface area contributed by atoms with E-state index in [2.05, 4.69) is 33.7 Å². The molecule has 38 heavy (non-hydrogen) atoms. The second kappa shape index (κ2) is 9.61. The third-order valence-electron chi connectivity index (χ3n) is 9.66. The fourth-order valence-electron chi connectivity index (χ4n) is 7.31. The number of rotatable bonds is 3. The van der Waals surface area contributed by atoms with Gasteiger partial charge in [0.05, 0.1) is 6.57 Å². The lowest BCUT2D eigenvalue weighted by Gasteiger charge is -2.52. The Bertz CT molecular complexity index is 1270. The summed E-state index contributed by atoms with van der Waals surface area (Å²) in [5.41, 5.74) is 4.05. The topological polar surface area (TPSA) is 48.2 Å². The van der Waals surface area contributed by atoms with E-state index in [9.17, 15) is 9.59 Å². The second-order valence-corrected chi connectivity index (χ2v) is 12.6. The maximum atomic E-state index is 13.0. The monoisotopic (exact) mass is 530 g/mol. The molecule has 7 heteroatoms. The number of carbonyl (C=O) groups is 2. The van der Waals surface area contributed by atoms with Gasteiger partial charge in [0, 0.05) is 79.0 Å². The van der Waals surface area contributed by atoms with E-state index in [0.29, 0.717) is 40.8 Å². The number of Topliss-reactive ketones (excluding diaryl/α,β-unsaturated/α-hetero) is 1. The zero-order valence-corrected chi connectivity index (χ0v) is 22.8. The minimum Gasteiger partial charge on any atom is -0.371 e. The SMILES string of the molecule is [C-]#[N+]c1ccc(N2CC3(CCN(c4ccc(C(=O)N5CC6(CCC(=O)CC6)C5)cc4)CC3)C[C@@H]2C)cc1Cl. The molecule has 0 N–H and O–H groups in total. The zero-order valence-electron chi connectivity index (χ0n) is 22.1. The van der Waals surface area contributed by atoms with Crippen LogP contribution in [0.5, 0.6) is 0 Å². The van der Waals surface area contributed by atoms with Gasteiger partial charge in [0.2, 0.25) is 5.69 Å². The molecule has 6 rings (SSSR count). The summed E-state index contributed by atoms with van der Waals surface area (Å²) in [5, 5.41) is 0.529. The Morgan fingerprint density at radius 2 is 1.61 bits per heavy atom. The fourth-order valence-corrected chi connectivity index (χ4v) is 7.53. The second-order valence-electron chi connectivity index (χ2n) is 12.2. The summed E-state index contributed by atoms with van der Waals surface area (Å²) in [5.74, 6) is 0.484. The van der Waals surface area contributed by atoms with Crippen LogP contribution < -0.4 is 9.80 Å². The first-order valence-electron chi connectivity index (χ1n) is 13.9. The summed E-state index contributed by atoms with van der Waals surface area (Å²) in [6, 6.07) is 14.4. The van der Waals surface area contributed by atoms with Gasteiger partial charge in [-0.2, -0.15) is 0 Å². The van der Waals surface area contributed by atoms with Gasteiger partial charge in [-0.1, -0.05) is 17.7 Å². The molecule has 6 nitrogen and oxygen atoms in total. The van der Waals surface area contributed by atoms with Gasteiger partial charge in [0.25, 0.3) is 5.91 Å². The minimum absolute atomic E-state index is 0.112. The molecule has 0 bridgehead atoms. The van der Waals surface area contributed by atoms with Crippen LogP contribution in [-0.2, 0) is 4.79 Å². The number of hydrogen-bond donors (Lipinski definition) is 0. The van der Waals surface area contributed by atoms with Crippen molar-refractivity contribution in [3.63, 3.8) is 0 Å². The maximum Gasteiger partial charge on any atom is 0.253 e. The molecular formula is C31H35ClN4O2. The van der Waals surface area contributed by atoms with Crippen LogP contribution in [-0.4, -0.2) is 55.4 Å². The van der Waals surface area contributed by atoms with Crippen molar-refractivity contribution in [3.8, 4) is 0 Å². The third kappa shape index (κ3) is 4.56. The van der Waals surface area contributed by atoms with E-state index in [1.165, 1.54) is 12.1 Å². The highest BCUT2D eigenvalue weighted by Crippen LogP contribution is 2.47. The molecule has 3 saturated heterocycles. The Morgan fingerprint density at radius 1 is 0.947 bits per heavy atom. The molecular weight excluding hydrogens is 496 g/mol. The van der Waals surface area contributed by atoms with Crippen LogP contribution in [0.3, 0.4) is 0 Å². The predicted octanol–water partition coefficient (Wildman–Crippen LogP) is 6.36. The Morgan fingerprint density at radius 3 is 2.24 bits per heavy atom. The predicted molar refractivity (Wildman–Crippen MR) is 151 cm³/mol. The van der Waals surface area contributed by atoms with E-state index < -0.39 is 0 Å². The van der Waals surface area contributed by atoms with E-state index in [1.54, 1.807) is 0 Å². The first-order chi connectivity index (χ1) is 18.3. The number of carbonyl (C=O) groups excluding carboxylic acids is 2. The third-order valence-corrected chi connectivity index (χ3v) is 9.96. The van der Waals surface area contributed by atoms with E-state index in [4.69, 9.17) is 18.2 Å². The smallest absolute Gasteiger partial charge is 0.253 e. The fraction of sp³-hybridized carbons (Fsp3) is 0.516. The van der Waals surface area contributed by atoms with E-state index in [-0.39, 0.29) is 11.3 Å². The number of likely N-dealkylation sites (tertiary alicyclic amines) is 1. The number of nitrogens with zero attached hydrogens (tertiary/aromatic N) is 4. The summed E-state index contributed by atoms with van der Waals surface area (Å²) in [7, 11) is 0. The summed E-state index contributed by atoms with van der Waals surface area (Å²) >= 11 is 6.34. The molecule has 2 spiro atoms. The Hall–Kier alpha value is -3.04. The van der Waals surface area contributed by atoms with Gasteiger partial charge in [0.1, 0.15) is 5.78 Å². The largest absolute Gasteiger partial charge is 0.371 e. The molecule has 0 radical (unpaired) electrons. The van der Waals surface area contributed by atoms with E-state index in [1.807, 2.05) is 35.2 Å². The van der Waals surface area contributed by atoms with Gasteiger partial charge >= 0.3 is 0 Å². The number of ketones is 1. The minimum atomic E-state index is 0.112. The quantitative estimate of drug-likeness (QED) is 0.433. The molecule has 4 fully saturated rings. The van der Waals surface area contributed by atoms with E-state index >= 15 is 0 Å². The summed E-state index contributed by atoms with van der Waals surface area (Å²) in [6.07, 6.45) is 6.67. The lowest BCUT2D eigenvalue weighted by molar-refractivity contribution is -0.125. The average molecular weight is 531 g/mol. The summed E-state index contributed by atoms with van der Waals surface area (Å²) in [4.78, 5) is 35.0. The first kappa shape index (κ1) is 25.2. The number of benzene rings is 2. The molecule has 1 aliphatic carbocycles. The summed E-state index contributed by atoms with van der Waals surface area (Å²) in [6.45, 7) is 14.2. The molecule has 1 amide bonds. The molecule has 2 aromatic rings. The van der Waals surface area contributed by atoms with Crippen molar-refractivity contribution in [2.75, 3.05) is 42.5 Å². The number of anilines is 2. The van der Waals surface area contributed by atoms with Crippen LogP contribution in [0.1, 0.15) is 62.2 Å². The first-order valence-corrected chi connectivity index (χ1v) is 14.3. The highest BCUT2D eigenvalue weighted by molar-refractivity contribution is 6.33. The van der Waals surface area contributed by atoms with Gasteiger partial charge in [-0.05, 0) is 80.8 Å². The number of piperidine rings is 1. The van der Waals surface area contributed by atoms with Crippen molar-refractivity contribution < 1.29 is 9.59 Å². The van der Waals surface area contributed by atoms with Crippen molar-refractivity contribution >= 4 is 40.4 Å². The molecule has 2 aromatic carbocycles. The van der Waals surface area contributed by atoms with Crippen LogP contribution in [0.4, 0.5) is 17.1 Å². The molecule has 3 heterocycles. The van der Waals surface area contributed by atoms with Gasteiger partial charge in [-0.15, -0.1) is 0 Å². The van der Waals surface area contributed by atoms with Crippen molar-refractivity contribution in [2.24, 2.45) is 10.8 Å². The molecule has 0 unspecified atom stereocenters. The highest BCUT2D eigenvalue weighted by Gasteiger charge is 2.47. The Kier molecular flexibility index (Phi) is 6.39. The van der Waals surface area contributed by atoms with Gasteiger partial charge in [-0.3, -0.25) is 9.59 Å². The van der Waals surface area contributed by atoms with E-state index in [0.717, 1.165) is 69.7 Å². The number of halogens is 1. The van der Waals surface area contributed by atoms with Gasteiger partial charge in [-0.25, -0.2) is 4.85 Å². The van der Waals surface area contributed by atoms with Gasteiger partial charge in [0.15, 0.2) is 0 Å². The number of hydrogen-bond acceptors (Lipinski definition) is 4. The number of amides is 1. The molecule has 0 aromatic heterocycles. The van der Waals surface area contributed by atoms with Crippen LogP contribution in [0.15, 0.2) is 42.5 Å². The Balaban J connectivity index is 1.04. The van der Waals surface area contributed by atoms with Crippen LogP contribution in [0.25, 0.3) is 4.85 Å². The van der Waals surface area contributed by atoms with Crippen LogP contribution in [0, 0.1) is 17.4 Å². The van der Waals surface area contributed by atoms with Crippen LogP contribution >= 0.6 is 11.6 Å². The zero-order chi connectivity index (χ0) is 26.5. The van der Waals surface area contributed by atoms with Crippen molar-refractivity contribution in [3.05, 3.63) is 64.5 Å². The highest BCUT2D eigenvalue weighted by atomic mass is 35.5. The normalized spacial score (nSPS) is 24.0. The van der Waals surface area contributed by atoms with Crippen molar-refractivity contribution in [1.82, 2.24) is 4.90 Å². The lowest BCUT2D eigenvalue weighted by atomic mass is 9.68. The summed E-state index contributed by atoms with van der Waals surface area (Å²) < 4.78 is 0. The van der Waals surface area contributed by atoms with Crippen molar-refractivity contribution in [2.45, 2.75) is 57.9 Å². The maximum absolute atomic E-state index is 13.0. The standard InChI is InChI=1S/C31H35ClN4O2/c1-22-18-30(21-36(22)25-7-8-28(33-2)27(32)17-25)13-15-34(16-14-30)24-5-3-23(4-6-24)29(38)35-19-31(20-35)11-9-26(37)10-12-31/h3-8,17,22H,9-16,18-21H2,1H3/t22-/m0/s1. The van der Waals surface area contributed by atoms with Gasteiger partial charge < -0.3 is 14.7 Å². The average Bonchev–Trinajstić information content (AvgIpc) is 3.23. The molecule has 198 valence electrons. The molecule has 1 saturated carbocycles.